The van der Waals surface area contributed by atoms with Crippen molar-refractivity contribution >= 4 is 40.7 Å². The fourth-order valence-corrected chi connectivity index (χ4v) is 1.26. The second kappa shape index (κ2) is 7.40. The molecule has 0 unspecified atom stereocenters. The van der Waals surface area contributed by atoms with Gasteiger partial charge in [-0.05, 0) is 12.1 Å². The number of amides is 1. The highest BCUT2D eigenvalue weighted by Crippen LogP contribution is 2.18. The molecule has 0 saturated heterocycles. The first-order valence-electron chi connectivity index (χ1n) is 4.95. The lowest BCUT2D eigenvalue weighted by Crippen LogP contribution is -2.07. The SMILES string of the molecule is Nc1ccncc1Cl.O=C(O)Nc1ccncc1Cl. The second-order valence-electron chi connectivity index (χ2n) is 3.18. The number of carbonyl (C=O) groups is 1. The zero-order valence-electron chi connectivity index (χ0n) is 9.55. The number of pyridine rings is 2. The molecule has 8 heteroatoms. The number of nitrogens with two attached hydrogens (primary N) is 1. The molecule has 0 radical (unpaired) electrons. The molecule has 100 valence electrons. The van der Waals surface area contributed by atoms with Crippen molar-refractivity contribution in [2.24, 2.45) is 0 Å². The smallest absolute Gasteiger partial charge is 0.409 e. The molecule has 0 aliphatic rings. The van der Waals surface area contributed by atoms with Crippen molar-refractivity contribution in [1.29, 1.82) is 0 Å². The van der Waals surface area contributed by atoms with E-state index in [1.807, 2.05) is 0 Å². The van der Waals surface area contributed by atoms with E-state index in [2.05, 4.69) is 15.3 Å². The maximum Gasteiger partial charge on any atom is 0.409 e. The minimum Gasteiger partial charge on any atom is -0.465 e. The van der Waals surface area contributed by atoms with Gasteiger partial charge < -0.3 is 10.8 Å². The first-order chi connectivity index (χ1) is 9.00. The van der Waals surface area contributed by atoms with E-state index in [1.54, 1.807) is 12.3 Å². The van der Waals surface area contributed by atoms with Crippen LogP contribution in [-0.2, 0) is 0 Å². The summed E-state index contributed by atoms with van der Waals surface area (Å²) < 4.78 is 0. The zero-order valence-corrected chi connectivity index (χ0v) is 11.1. The minimum absolute atomic E-state index is 0.287. The van der Waals surface area contributed by atoms with Crippen LogP contribution in [0.3, 0.4) is 0 Å². The Morgan fingerprint density at radius 3 is 2.16 bits per heavy atom. The number of carboxylic acid groups (broad SMARTS) is 1. The Morgan fingerprint density at radius 1 is 1.16 bits per heavy atom. The van der Waals surface area contributed by atoms with Gasteiger partial charge in [0.2, 0.25) is 0 Å². The summed E-state index contributed by atoms with van der Waals surface area (Å²) in [5.41, 5.74) is 6.26. The van der Waals surface area contributed by atoms with E-state index < -0.39 is 6.09 Å². The predicted molar refractivity (Wildman–Crippen MR) is 74.6 cm³/mol. The molecular formula is C11H10Cl2N4O2. The van der Waals surface area contributed by atoms with Gasteiger partial charge in [0, 0.05) is 24.8 Å². The first kappa shape index (κ1) is 15.0. The molecule has 4 N–H and O–H groups in total. The molecule has 0 saturated carbocycles. The van der Waals surface area contributed by atoms with Gasteiger partial charge >= 0.3 is 6.09 Å². The van der Waals surface area contributed by atoms with Crippen molar-refractivity contribution in [3.63, 3.8) is 0 Å². The highest BCUT2D eigenvalue weighted by atomic mass is 35.5. The molecule has 0 atom stereocenters. The molecule has 0 aliphatic carbocycles. The molecular weight excluding hydrogens is 291 g/mol. The number of hydrogen-bond acceptors (Lipinski definition) is 4. The van der Waals surface area contributed by atoms with E-state index in [0.717, 1.165) is 0 Å². The average molecular weight is 301 g/mol. The van der Waals surface area contributed by atoms with Gasteiger partial charge in [0.15, 0.2) is 0 Å². The van der Waals surface area contributed by atoms with Crippen LogP contribution in [0.25, 0.3) is 0 Å². The van der Waals surface area contributed by atoms with Crippen molar-refractivity contribution < 1.29 is 9.90 Å². The number of hydrogen-bond donors (Lipinski definition) is 3. The number of nitrogens with zero attached hydrogens (tertiary/aromatic N) is 2. The molecule has 0 aromatic carbocycles. The second-order valence-corrected chi connectivity index (χ2v) is 4.00. The number of rotatable bonds is 1. The molecule has 6 nitrogen and oxygen atoms in total. The van der Waals surface area contributed by atoms with Gasteiger partial charge in [0.25, 0.3) is 0 Å². The Bertz CT molecular complexity index is 545. The normalized spacial score (nSPS) is 9.16. The summed E-state index contributed by atoms with van der Waals surface area (Å²) in [7, 11) is 0. The van der Waals surface area contributed by atoms with E-state index in [1.165, 1.54) is 24.7 Å². The fourth-order valence-electron chi connectivity index (χ4n) is 0.978. The Morgan fingerprint density at radius 2 is 1.74 bits per heavy atom. The van der Waals surface area contributed by atoms with Crippen LogP contribution < -0.4 is 11.1 Å². The summed E-state index contributed by atoms with van der Waals surface area (Å²) in [6, 6.07) is 3.14. The maximum absolute atomic E-state index is 10.1. The topological polar surface area (TPSA) is 101 Å². The lowest BCUT2D eigenvalue weighted by atomic mass is 10.4. The van der Waals surface area contributed by atoms with Gasteiger partial charge in [-0.15, -0.1) is 0 Å². The molecule has 0 fully saturated rings. The number of nitrogen functional groups attached to an aromatic ring is 1. The third kappa shape index (κ3) is 5.41. The standard InChI is InChI=1S/C6H5ClN2O2.C5H5ClN2/c7-4-3-8-2-1-5(4)9-6(10)11;6-4-3-8-2-1-5(4)7/h1-3H,(H,8,9)(H,10,11);1-3H,(H2,7,8). The molecule has 1 amide bonds. The summed E-state index contributed by atoms with van der Waals surface area (Å²) in [5.74, 6) is 0. The lowest BCUT2D eigenvalue weighted by Gasteiger charge is -2.00. The van der Waals surface area contributed by atoms with Crippen LogP contribution in [-0.4, -0.2) is 21.2 Å². The van der Waals surface area contributed by atoms with Crippen LogP contribution in [0, 0.1) is 0 Å². The highest BCUT2D eigenvalue weighted by Gasteiger charge is 2.01. The zero-order chi connectivity index (χ0) is 14.3. The molecule has 2 aromatic heterocycles. The first-order valence-corrected chi connectivity index (χ1v) is 5.70. The highest BCUT2D eigenvalue weighted by molar-refractivity contribution is 6.33. The quantitative estimate of drug-likeness (QED) is 0.751. The van der Waals surface area contributed by atoms with Gasteiger partial charge in [0.1, 0.15) is 0 Å². The summed E-state index contributed by atoms with van der Waals surface area (Å²) in [6.45, 7) is 0. The summed E-state index contributed by atoms with van der Waals surface area (Å²) in [4.78, 5) is 17.6. The van der Waals surface area contributed by atoms with Gasteiger partial charge in [0.05, 0.1) is 21.4 Å². The third-order valence-electron chi connectivity index (χ3n) is 1.82. The van der Waals surface area contributed by atoms with Crippen LogP contribution in [0.1, 0.15) is 0 Å². The molecule has 2 rings (SSSR count). The van der Waals surface area contributed by atoms with Crippen molar-refractivity contribution in [3.8, 4) is 0 Å². The summed E-state index contributed by atoms with van der Waals surface area (Å²) >= 11 is 11.1. The van der Waals surface area contributed by atoms with E-state index in [4.69, 9.17) is 34.0 Å². The minimum atomic E-state index is -1.14. The van der Waals surface area contributed by atoms with Gasteiger partial charge in [-0.3, -0.25) is 15.3 Å². The van der Waals surface area contributed by atoms with E-state index in [-0.39, 0.29) is 5.02 Å². The number of anilines is 2. The lowest BCUT2D eigenvalue weighted by molar-refractivity contribution is 0.210. The van der Waals surface area contributed by atoms with Crippen LogP contribution >= 0.6 is 23.2 Å². The number of nitrogens with one attached hydrogen (secondary N) is 1. The van der Waals surface area contributed by atoms with Crippen LogP contribution in [0.5, 0.6) is 0 Å². The maximum atomic E-state index is 10.1. The van der Waals surface area contributed by atoms with Gasteiger partial charge in [-0.1, -0.05) is 23.2 Å². The largest absolute Gasteiger partial charge is 0.465 e. The molecule has 0 aliphatic heterocycles. The van der Waals surface area contributed by atoms with Crippen molar-refractivity contribution in [2.45, 2.75) is 0 Å². The fraction of sp³-hybridized carbons (Fsp3) is 0. The van der Waals surface area contributed by atoms with Crippen molar-refractivity contribution in [1.82, 2.24) is 9.97 Å². The van der Waals surface area contributed by atoms with Gasteiger partial charge in [-0.25, -0.2) is 4.79 Å². The molecule has 19 heavy (non-hydrogen) atoms. The third-order valence-corrected chi connectivity index (χ3v) is 2.43. The predicted octanol–water partition coefficient (Wildman–Crippen LogP) is 3.14. The Hall–Kier alpha value is -2.05. The molecule has 2 heterocycles. The van der Waals surface area contributed by atoms with Crippen LogP contribution in [0.2, 0.25) is 10.0 Å². The molecule has 0 spiro atoms. The molecule has 2 aromatic rings. The van der Waals surface area contributed by atoms with Crippen molar-refractivity contribution in [2.75, 3.05) is 11.1 Å². The van der Waals surface area contributed by atoms with Crippen LogP contribution in [0.15, 0.2) is 36.9 Å². The van der Waals surface area contributed by atoms with Crippen molar-refractivity contribution in [3.05, 3.63) is 47.0 Å². The summed E-state index contributed by atoms with van der Waals surface area (Å²) in [6.07, 6.45) is 4.79. The van der Waals surface area contributed by atoms with Crippen LogP contribution in [0.4, 0.5) is 16.2 Å². The Kier molecular flexibility index (Phi) is 5.84. The van der Waals surface area contributed by atoms with E-state index in [0.29, 0.717) is 16.4 Å². The Balaban J connectivity index is 0.000000200. The van der Waals surface area contributed by atoms with Gasteiger partial charge in [-0.2, -0.15) is 0 Å². The average Bonchev–Trinajstić information content (AvgIpc) is 2.36. The number of halogens is 2. The van der Waals surface area contributed by atoms with E-state index in [9.17, 15) is 4.79 Å². The summed E-state index contributed by atoms with van der Waals surface area (Å²) in [5, 5.41) is 11.2. The Labute approximate surface area is 119 Å². The monoisotopic (exact) mass is 300 g/mol. The number of aromatic nitrogens is 2. The molecule has 0 bridgehead atoms. The van der Waals surface area contributed by atoms with E-state index >= 15 is 0 Å².